The van der Waals surface area contributed by atoms with E-state index < -0.39 is 11.9 Å². The van der Waals surface area contributed by atoms with E-state index >= 15 is 0 Å². The van der Waals surface area contributed by atoms with E-state index in [1.165, 1.54) is 48.5 Å². The summed E-state index contributed by atoms with van der Waals surface area (Å²) in [6, 6.07) is 16.3. The Morgan fingerprint density at radius 3 is 1.12 bits per heavy atom. The van der Waals surface area contributed by atoms with E-state index in [1.54, 1.807) is 18.2 Å². The first kappa shape index (κ1) is 27.5. The number of carboxylic acids is 2. The standard InChI is InChI=1S/C29H24O11/c30-21-1-16(2-22(31)10-21)13-38-25-5-18(6-26(12-25)39-14-17-3-23(32)11-24(33)4-17)15-40-27-8-19(28(34)35)7-20(9-27)29(36)37/h1-12,30-33H,13-15H2,(H,34,35)(H,36,37). The molecule has 0 saturated carbocycles. The van der Waals surface area contributed by atoms with Gasteiger partial charge in [-0.1, -0.05) is 0 Å². The minimum absolute atomic E-state index is 0.0191. The van der Waals surface area contributed by atoms with Crippen LogP contribution in [-0.4, -0.2) is 42.6 Å². The third-order valence-corrected chi connectivity index (χ3v) is 5.48. The Morgan fingerprint density at radius 1 is 0.450 bits per heavy atom. The SMILES string of the molecule is O=C(O)c1cc(OCc2cc(OCc3cc(O)cc(O)c3)cc(OCc3cc(O)cc(O)c3)c2)cc(C(=O)O)c1. The maximum atomic E-state index is 11.4. The summed E-state index contributed by atoms with van der Waals surface area (Å²) in [6.45, 7) is -0.154. The molecule has 40 heavy (non-hydrogen) atoms. The molecule has 0 amide bonds. The number of benzene rings is 4. The average Bonchev–Trinajstić information content (AvgIpc) is 2.88. The maximum absolute atomic E-state index is 11.4. The molecule has 0 aromatic heterocycles. The summed E-state index contributed by atoms with van der Waals surface area (Å²) in [5, 5.41) is 57.5. The van der Waals surface area contributed by atoms with Gasteiger partial charge in [-0.15, -0.1) is 0 Å². The number of ether oxygens (including phenoxy) is 3. The number of carbonyl (C=O) groups is 2. The van der Waals surface area contributed by atoms with Crippen LogP contribution in [0.4, 0.5) is 0 Å². The molecule has 11 nitrogen and oxygen atoms in total. The molecule has 0 aliphatic carbocycles. The fraction of sp³-hybridized carbons (Fsp3) is 0.103. The molecule has 6 N–H and O–H groups in total. The van der Waals surface area contributed by atoms with Gasteiger partial charge < -0.3 is 44.8 Å². The van der Waals surface area contributed by atoms with E-state index in [-0.39, 0.29) is 59.7 Å². The lowest BCUT2D eigenvalue weighted by Crippen LogP contribution is -2.05. The molecule has 0 aliphatic heterocycles. The first-order valence-corrected chi connectivity index (χ1v) is 11.7. The van der Waals surface area contributed by atoms with Crippen LogP contribution in [0.3, 0.4) is 0 Å². The van der Waals surface area contributed by atoms with E-state index in [2.05, 4.69) is 0 Å². The normalized spacial score (nSPS) is 10.6. The summed E-state index contributed by atoms with van der Waals surface area (Å²) in [7, 11) is 0. The molecule has 0 heterocycles. The number of carboxylic acid groups (broad SMARTS) is 2. The molecule has 0 aliphatic rings. The Labute approximate surface area is 227 Å². The Kier molecular flexibility index (Phi) is 8.14. The smallest absolute Gasteiger partial charge is 0.335 e. The van der Waals surface area contributed by atoms with Gasteiger partial charge in [-0.05, 0) is 71.3 Å². The predicted octanol–water partition coefficient (Wildman–Crippen LogP) is 4.64. The van der Waals surface area contributed by atoms with Gasteiger partial charge in [0.25, 0.3) is 0 Å². The van der Waals surface area contributed by atoms with E-state index in [9.17, 15) is 40.2 Å². The summed E-state index contributed by atoms with van der Waals surface area (Å²) in [4.78, 5) is 22.8. The van der Waals surface area contributed by atoms with Crippen LogP contribution in [0.25, 0.3) is 0 Å². The zero-order valence-corrected chi connectivity index (χ0v) is 20.8. The van der Waals surface area contributed by atoms with Gasteiger partial charge in [0.15, 0.2) is 0 Å². The number of phenols is 4. The second-order valence-electron chi connectivity index (χ2n) is 8.75. The quantitative estimate of drug-likeness (QED) is 0.153. The average molecular weight is 549 g/mol. The van der Waals surface area contributed by atoms with Gasteiger partial charge in [0.1, 0.15) is 60.1 Å². The first-order chi connectivity index (χ1) is 19.0. The highest BCUT2D eigenvalue weighted by atomic mass is 16.5. The van der Waals surface area contributed by atoms with Crippen molar-refractivity contribution in [1.29, 1.82) is 0 Å². The van der Waals surface area contributed by atoms with Crippen molar-refractivity contribution < 1.29 is 54.4 Å². The maximum Gasteiger partial charge on any atom is 0.335 e. The number of aromatic carboxylic acids is 2. The van der Waals surface area contributed by atoms with Gasteiger partial charge in [0.05, 0.1) is 11.1 Å². The molecule has 0 unspecified atom stereocenters. The van der Waals surface area contributed by atoms with Crippen LogP contribution in [-0.2, 0) is 19.8 Å². The molecule has 206 valence electrons. The number of rotatable bonds is 11. The summed E-state index contributed by atoms with van der Waals surface area (Å²) < 4.78 is 17.4. The van der Waals surface area contributed by atoms with Crippen molar-refractivity contribution >= 4 is 11.9 Å². The van der Waals surface area contributed by atoms with Gasteiger partial charge in [0, 0.05) is 18.2 Å². The molecule has 4 rings (SSSR count). The van der Waals surface area contributed by atoms with Crippen LogP contribution in [0, 0.1) is 0 Å². The summed E-state index contributed by atoms with van der Waals surface area (Å²) >= 11 is 0. The van der Waals surface area contributed by atoms with E-state index in [1.807, 2.05) is 0 Å². The minimum atomic E-state index is -1.31. The summed E-state index contributed by atoms with van der Waals surface area (Å²) in [6.07, 6.45) is 0. The van der Waals surface area contributed by atoms with Gasteiger partial charge in [-0.25, -0.2) is 9.59 Å². The molecule has 0 radical (unpaired) electrons. The van der Waals surface area contributed by atoms with Gasteiger partial charge in [-0.3, -0.25) is 0 Å². The molecule has 0 spiro atoms. The lowest BCUT2D eigenvalue weighted by molar-refractivity contribution is 0.0696. The van der Waals surface area contributed by atoms with Crippen molar-refractivity contribution in [2.24, 2.45) is 0 Å². The number of hydrogen-bond donors (Lipinski definition) is 6. The van der Waals surface area contributed by atoms with Crippen molar-refractivity contribution in [3.05, 3.63) is 101 Å². The highest BCUT2D eigenvalue weighted by Crippen LogP contribution is 2.29. The van der Waals surface area contributed by atoms with Crippen LogP contribution in [0.15, 0.2) is 72.8 Å². The third kappa shape index (κ3) is 7.48. The van der Waals surface area contributed by atoms with Crippen molar-refractivity contribution in [2.45, 2.75) is 19.8 Å². The third-order valence-electron chi connectivity index (χ3n) is 5.48. The minimum Gasteiger partial charge on any atom is -0.508 e. The molecule has 0 fully saturated rings. The van der Waals surface area contributed by atoms with Crippen LogP contribution in [0.5, 0.6) is 40.2 Å². The largest absolute Gasteiger partial charge is 0.508 e. The Morgan fingerprint density at radius 2 is 0.775 bits per heavy atom. The molecule has 0 saturated heterocycles. The second-order valence-corrected chi connectivity index (χ2v) is 8.75. The first-order valence-electron chi connectivity index (χ1n) is 11.7. The van der Waals surface area contributed by atoms with Gasteiger partial charge >= 0.3 is 11.9 Å². The highest BCUT2D eigenvalue weighted by Gasteiger charge is 2.13. The van der Waals surface area contributed by atoms with Crippen LogP contribution >= 0.6 is 0 Å². The number of hydrogen-bond acceptors (Lipinski definition) is 9. The second kappa shape index (κ2) is 11.9. The predicted molar refractivity (Wildman–Crippen MR) is 139 cm³/mol. The highest BCUT2D eigenvalue weighted by molar-refractivity contribution is 5.94. The monoisotopic (exact) mass is 548 g/mol. The fourth-order valence-electron chi connectivity index (χ4n) is 3.79. The van der Waals surface area contributed by atoms with E-state index in [0.717, 1.165) is 6.07 Å². The molecule has 4 aromatic carbocycles. The fourth-order valence-corrected chi connectivity index (χ4v) is 3.79. The van der Waals surface area contributed by atoms with Crippen molar-refractivity contribution in [3.8, 4) is 40.2 Å². The zero-order chi connectivity index (χ0) is 28.8. The Balaban J connectivity index is 1.57. The van der Waals surface area contributed by atoms with Crippen molar-refractivity contribution in [2.75, 3.05) is 0 Å². The van der Waals surface area contributed by atoms with Crippen LogP contribution in [0.2, 0.25) is 0 Å². The lowest BCUT2D eigenvalue weighted by atomic mass is 10.1. The molecule has 11 heteroatoms. The number of phenolic OH excluding ortho intramolecular Hbond substituents is 4. The van der Waals surface area contributed by atoms with E-state index in [0.29, 0.717) is 28.2 Å². The van der Waals surface area contributed by atoms with Crippen LogP contribution in [0.1, 0.15) is 37.4 Å². The molecular weight excluding hydrogens is 524 g/mol. The number of aromatic hydroxyl groups is 4. The molecule has 0 bridgehead atoms. The Hall–Kier alpha value is -5.58. The van der Waals surface area contributed by atoms with Crippen molar-refractivity contribution in [1.82, 2.24) is 0 Å². The van der Waals surface area contributed by atoms with Gasteiger partial charge in [0.2, 0.25) is 0 Å². The Bertz CT molecular complexity index is 1420. The topological polar surface area (TPSA) is 183 Å². The summed E-state index contributed by atoms with van der Waals surface area (Å²) in [5.74, 6) is -2.49. The van der Waals surface area contributed by atoms with E-state index in [4.69, 9.17) is 14.2 Å². The molecule has 0 atom stereocenters. The molecular formula is C29H24O11. The lowest BCUT2D eigenvalue weighted by Gasteiger charge is -2.14. The van der Waals surface area contributed by atoms with Gasteiger partial charge in [-0.2, -0.15) is 0 Å². The van der Waals surface area contributed by atoms with Crippen molar-refractivity contribution in [3.63, 3.8) is 0 Å². The van der Waals surface area contributed by atoms with Crippen LogP contribution < -0.4 is 14.2 Å². The summed E-state index contributed by atoms with van der Waals surface area (Å²) in [5.41, 5.74) is 0.995. The molecule has 4 aromatic rings. The zero-order valence-electron chi connectivity index (χ0n) is 20.8.